The predicted octanol–water partition coefficient (Wildman–Crippen LogP) is 4.30. The molecule has 1 aliphatic heterocycles. The molecule has 1 fully saturated rings. The molecule has 1 N–H and O–H groups in total. The molecule has 0 aliphatic carbocycles. The fraction of sp³-hybridized carbons (Fsp3) is 0.714. The summed E-state index contributed by atoms with van der Waals surface area (Å²) in [7, 11) is 0. The molecule has 1 aromatic carbocycles. The molecule has 3 nitrogen and oxygen atoms in total. The molecule has 0 amide bonds. The highest BCUT2D eigenvalue weighted by Gasteiger charge is 2.27. The van der Waals surface area contributed by atoms with Crippen LogP contribution >= 0.6 is 0 Å². The van der Waals surface area contributed by atoms with Crippen molar-refractivity contribution in [1.82, 2.24) is 4.90 Å². The first-order chi connectivity index (χ1) is 11.2. The Labute approximate surface area is 148 Å². The topological polar surface area (TPSA) is 32.7 Å². The predicted molar refractivity (Wildman–Crippen MR) is 101 cm³/mol. The molecule has 3 atom stereocenters. The van der Waals surface area contributed by atoms with E-state index in [2.05, 4.69) is 58.6 Å². The lowest BCUT2D eigenvalue weighted by Crippen LogP contribution is -2.48. The lowest BCUT2D eigenvalue weighted by molar-refractivity contribution is 0.0206. The van der Waals surface area contributed by atoms with E-state index in [9.17, 15) is 5.11 Å². The highest BCUT2D eigenvalue weighted by molar-refractivity contribution is 5.41. The Kier molecular flexibility index (Phi) is 6.33. The maximum absolute atomic E-state index is 10.5. The molecule has 0 aromatic heterocycles. The van der Waals surface area contributed by atoms with Crippen LogP contribution in [0.1, 0.15) is 65.0 Å². The number of hydrogen-bond acceptors (Lipinski definition) is 3. The molecular weight excluding hydrogens is 298 g/mol. The zero-order valence-corrected chi connectivity index (χ0v) is 16.3. The van der Waals surface area contributed by atoms with Gasteiger partial charge in [-0.1, -0.05) is 44.9 Å². The van der Waals surface area contributed by atoms with E-state index in [4.69, 9.17) is 4.74 Å². The van der Waals surface area contributed by atoms with Crippen LogP contribution in [0.25, 0.3) is 0 Å². The van der Waals surface area contributed by atoms with Gasteiger partial charge in [0.1, 0.15) is 18.5 Å². The number of β-amino-alcohol motifs (C(OH)–C–C–N with tert-alkyl or cyclic N) is 1. The van der Waals surface area contributed by atoms with Gasteiger partial charge in [-0.05, 0) is 50.7 Å². The van der Waals surface area contributed by atoms with Crippen molar-refractivity contribution in [2.24, 2.45) is 0 Å². The SMILES string of the molecule is Cc1ccc(OC[C@H](O)CN2[C@H](C)CCC[C@@H]2C)c(C(C)(C)C)c1. The van der Waals surface area contributed by atoms with Crippen molar-refractivity contribution in [3.05, 3.63) is 29.3 Å². The normalized spacial score (nSPS) is 24.0. The number of ether oxygens (including phenoxy) is 1. The van der Waals surface area contributed by atoms with E-state index in [1.165, 1.54) is 30.4 Å². The van der Waals surface area contributed by atoms with Gasteiger partial charge in [-0.2, -0.15) is 0 Å². The summed E-state index contributed by atoms with van der Waals surface area (Å²) in [6.07, 6.45) is 3.29. The van der Waals surface area contributed by atoms with Crippen molar-refractivity contribution in [3.8, 4) is 5.75 Å². The number of aryl methyl sites for hydroxylation is 1. The molecule has 24 heavy (non-hydrogen) atoms. The van der Waals surface area contributed by atoms with Crippen LogP contribution in [0.4, 0.5) is 0 Å². The number of hydrogen-bond donors (Lipinski definition) is 1. The van der Waals surface area contributed by atoms with Gasteiger partial charge in [0.2, 0.25) is 0 Å². The standard InChI is InChI=1S/C21H35NO2/c1-15-10-11-20(19(12-15)21(4,5)6)24-14-18(23)13-22-16(2)8-7-9-17(22)3/h10-12,16-18,23H,7-9,13-14H2,1-6H3/t16-,17+,18-/m1/s1. The minimum absolute atomic E-state index is 0.0300. The molecule has 1 saturated heterocycles. The molecular formula is C21H35NO2. The summed E-state index contributed by atoms with van der Waals surface area (Å²) in [6, 6.07) is 7.40. The van der Waals surface area contributed by atoms with Crippen molar-refractivity contribution >= 4 is 0 Å². The van der Waals surface area contributed by atoms with Crippen molar-refractivity contribution in [2.75, 3.05) is 13.2 Å². The first-order valence-electron chi connectivity index (χ1n) is 9.36. The molecule has 2 rings (SSSR count). The summed E-state index contributed by atoms with van der Waals surface area (Å²) in [5.74, 6) is 0.895. The largest absolute Gasteiger partial charge is 0.491 e. The minimum Gasteiger partial charge on any atom is -0.491 e. The molecule has 0 unspecified atom stereocenters. The lowest BCUT2D eigenvalue weighted by Gasteiger charge is -2.40. The number of rotatable bonds is 5. The van der Waals surface area contributed by atoms with Crippen LogP contribution in [0, 0.1) is 6.92 Å². The van der Waals surface area contributed by atoms with Crippen LogP contribution in [0.5, 0.6) is 5.75 Å². The molecule has 0 spiro atoms. The monoisotopic (exact) mass is 333 g/mol. The van der Waals surface area contributed by atoms with E-state index in [1.54, 1.807) is 0 Å². The maximum Gasteiger partial charge on any atom is 0.123 e. The Morgan fingerprint density at radius 1 is 1.21 bits per heavy atom. The molecule has 3 heteroatoms. The first kappa shape index (κ1) is 19.3. The van der Waals surface area contributed by atoms with E-state index < -0.39 is 6.10 Å². The maximum atomic E-state index is 10.5. The van der Waals surface area contributed by atoms with Gasteiger partial charge >= 0.3 is 0 Å². The van der Waals surface area contributed by atoms with Crippen molar-refractivity contribution in [1.29, 1.82) is 0 Å². The molecule has 0 saturated carbocycles. The van der Waals surface area contributed by atoms with Gasteiger partial charge in [0.05, 0.1) is 0 Å². The third kappa shape index (κ3) is 4.97. The van der Waals surface area contributed by atoms with E-state index in [-0.39, 0.29) is 5.41 Å². The quantitative estimate of drug-likeness (QED) is 0.872. The average molecular weight is 334 g/mol. The summed E-state index contributed by atoms with van der Waals surface area (Å²) in [4.78, 5) is 2.43. The fourth-order valence-electron chi connectivity index (χ4n) is 3.67. The number of piperidine rings is 1. The minimum atomic E-state index is -0.456. The smallest absolute Gasteiger partial charge is 0.123 e. The zero-order valence-electron chi connectivity index (χ0n) is 16.3. The van der Waals surface area contributed by atoms with Crippen LogP contribution in [-0.2, 0) is 5.41 Å². The van der Waals surface area contributed by atoms with Gasteiger partial charge in [-0.15, -0.1) is 0 Å². The molecule has 0 bridgehead atoms. The first-order valence-corrected chi connectivity index (χ1v) is 9.36. The van der Waals surface area contributed by atoms with E-state index in [1.807, 2.05) is 6.07 Å². The van der Waals surface area contributed by atoms with Gasteiger partial charge < -0.3 is 9.84 Å². The number of benzene rings is 1. The van der Waals surface area contributed by atoms with Crippen LogP contribution in [-0.4, -0.2) is 41.3 Å². The van der Waals surface area contributed by atoms with E-state index in [0.717, 1.165) is 5.75 Å². The highest BCUT2D eigenvalue weighted by atomic mass is 16.5. The molecule has 136 valence electrons. The Balaban J connectivity index is 1.98. The third-order valence-corrected chi connectivity index (χ3v) is 5.17. The van der Waals surface area contributed by atoms with Crippen LogP contribution in [0.3, 0.4) is 0 Å². The lowest BCUT2D eigenvalue weighted by atomic mass is 9.85. The van der Waals surface area contributed by atoms with Crippen molar-refractivity contribution in [2.45, 2.75) is 84.4 Å². The van der Waals surface area contributed by atoms with Crippen LogP contribution in [0.15, 0.2) is 18.2 Å². The summed E-state index contributed by atoms with van der Waals surface area (Å²) in [5, 5.41) is 10.5. The van der Waals surface area contributed by atoms with E-state index in [0.29, 0.717) is 25.2 Å². The summed E-state index contributed by atoms with van der Waals surface area (Å²) in [5.41, 5.74) is 2.47. The van der Waals surface area contributed by atoms with Crippen molar-refractivity contribution < 1.29 is 9.84 Å². The summed E-state index contributed by atoms with van der Waals surface area (Å²) >= 11 is 0. The number of likely N-dealkylation sites (tertiary alicyclic amines) is 1. The average Bonchev–Trinajstić information content (AvgIpc) is 2.49. The van der Waals surface area contributed by atoms with Crippen molar-refractivity contribution in [3.63, 3.8) is 0 Å². The van der Waals surface area contributed by atoms with Gasteiger partial charge in [-0.25, -0.2) is 0 Å². The number of aliphatic hydroxyl groups is 1. The second-order valence-corrected chi connectivity index (χ2v) is 8.54. The Morgan fingerprint density at radius 3 is 2.42 bits per heavy atom. The zero-order chi connectivity index (χ0) is 17.9. The number of nitrogens with zero attached hydrogens (tertiary/aromatic N) is 1. The highest BCUT2D eigenvalue weighted by Crippen LogP contribution is 2.32. The Morgan fingerprint density at radius 2 is 1.83 bits per heavy atom. The molecule has 0 radical (unpaired) electrons. The fourth-order valence-corrected chi connectivity index (χ4v) is 3.67. The van der Waals surface area contributed by atoms with Crippen LogP contribution < -0.4 is 4.74 Å². The molecule has 1 aliphatic rings. The second kappa shape index (κ2) is 7.88. The van der Waals surface area contributed by atoms with Gasteiger partial charge in [-0.3, -0.25) is 4.90 Å². The third-order valence-electron chi connectivity index (χ3n) is 5.17. The van der Waals surface area contributed by atoms with E-state index >= 15 is 0 Å². The Hall–Kier alpha value is -1.06. The van der Waals surface area contributed by atoms with Gasteiger partial charge in [0, 0.05) is 18.6 Å². The second-order valence-electron chi connectivity index (χ2n) is 8.54. The molecule has 1 aromatic rings. The van der Waals surface area contributed by atoms with Gasteiger partial charge in [0.25, 0.3) is 0 Å². The summed E-state index contributed by atoms with van der Waals surface area (Å²) < 4.78 is 6.02. The molecule has 1 heterocycles. The Bertz CT molecular complexity index is 525. The van der Waals surface area contributed by atoms with Gasteiger partial charge in [0.15, 0.2) is 0 Å². The number of aliphatic hydroxyl groups excluding tert-OH is 1. The van der Waals surface area contributed by atoms with Crippen LogP contribution in [0.2, 0.25) is 0 Å². The summed E-state index contributed by atoms with van der Waals surface area (Å²) in [6.45, 7) is 14.3.